The van der Waals surface area contributed by atoms with E-state index in [9.17, 15) is 9.59 Å². The fourth-order valence-corrected chi connectivity index (χ4v) is 1.67. The molecule has 0 aromatic heterocycles. The Bertz CT molecular complexity index is 494. The van der Waals surface area contributed by atoms with Crippen LogP contribution in [0.15, 0.2) is 24.3 Å². The summed E-state index contributed by atoms with van der Waals surface area (Å²) < 4.78 is 0. The summed E-state index contributed by atoms with van der Waals surface area (Å²) in [5.41, 5.74) is 12.0. The van der Waals surface area contributed by atoms with E-state index in [1.165, 1.54) is 4.90 Å². The number of carbonyl (C=O) groups is 2. The first-order valence-corrected chi connectivity index (χ1v) is 6.38. The van der Waals surface area contributed by atoms with E-state index in [0.717, 1.165) is 5.56 Å². The van der Waals surface area contributed by atoms with Gasteiger partial charge in [0.05, 0.1) is 0 Å². The number of anilines is 1. The maximum atomic E-state index is 12.2. The SMILES string of the molecule is CC(C)(C)NC(=O)N(CC(N)=O)Cc1ccccc1N. The van der Waals surface area contributed by atoms with Crippen LogP contribution in [0.5, 0.6) is 0 Å². The molecule has 110 valence electrons. The molecule has 3 amide bonds. The normalized spacial score (nSPS) is 10.9. The molecule has 1 rings (SSSR count). The Balaban J connectivity index is 2.87. The van der Waals surface area contributed by atoms with Gasteiger partial charge in [0.15, 0.2) is 0 Å². The van der Waals surface area contributed by atoms with Crippen molar-refractivity contribution in [3.8, 4) is 0 Å². The van der Waals surface area contributed by atoms with E-state index >= 15 is 0 Å². The van der Waals surface area contributed by atoms with Gasteiger partial charge >= 0.3 is 6.03 Å². The van der Waals surface area contributed by atoms with Gasteiger partial charge in [-0.1, -0.05) is 18.2 Å². The van der Waals surface area contributed by atoms with Crippen molar-refractivity contribution in [1.29, 1.82) is 0 Å². The third-order valence-electron chi connectivity index (χ3n) is 2.53. The van der Waals surface area contributed by atoms with Gasteiger partial charge in [0, 0.05) is 17.8 Å². The average molecular weight is 278 g/mol. The largest absolute Gasteiger partial charge is 0.398 e. The summed E-state index contributed by atoms with van der Waals surface area (Å²) in [6.07, 6.45) is 0. The summed E-state index contributed by atoms with van der Waals surface area (Å²) in [5, 5.41) is 2.80. The molecule has 1 aromatic carbocycles. The summed E-state index contributed by atoms with van der Waals surface area (Å²) in [6, 6.07) is 6.86. The summed E-state index contributed by atoms with van der Waals surface area (Å²) in [7, 11) is 0. The number of nitrogen functional groups attached to an aromatic ring is 1. The Morgan fingerprint density at radius 1 is 1.25 bits per heavy atom. The van der Waals surface area contributed by atoms with Crippen molar-refractivity contribution in [2.45, 2.75) is 32.9 Å². The predicted molar refractivity (Wildman–Crippen MR) is 78.7 cm³/mol. The van der Waals surface area contributed by atoms with Gasteiger partial charge in [-0.2, -0.15) is 0 Å². The number of benzene rings is 1. The molecular formula is C14H22N4O2. The molecule has 0 aliphatic rings. The number of hydrogen-bond donors (Lipinski definition) is 3. The maximum Gasteiger partial charge on any atom is 0.318 e. The number of carbonyl (C=O) groups excluding carboxylic acids is 2. The summed E-state index contributed by atoms with van der Waals surface area (Å²) in [6.45, 7) is 5.67. The highest BCUT2D eigenvalue weighted by Crippen LogP contribution is 2.14. The lowest BCUT2D eigenvalue weighted by Gasteiger charge is -2.28. The van der Waals surface area contributed by atoms with Crippen molar-refractivity contribution in [2.24, 2.45) is 5.73 Å². The van der Waals surface area contributed by atoms with Crippen LogP contribution in [0.25, 0.3) is 0 Å². The summed E-state index contributed by atoms with van der Waals surface area (Å²) in [5.74, 6) is -0.566. The zero-order valence-corrected chi connectivity index (χ0v) is 12.1. The number of nitrogens with two attached hydrogens (primary N) is 2. The molecule has 0 saturated heterocycles. The molecule has 0 atom stereocenters. The highest BCUT2D eigenvalue weighted by molar-refractivity contribution is 5.83. The molecule has 0 aliphatic heterocycles. The minimum atomic E-state index is -0.566. The molecular weight excluding hydrogens is 256 g/mol. The molecule has 0 aliphatic carbocycles. The minimum Gasteiger partial charge on any atom is -0.398 e. The summed E-state index contributed by atoms with van der Waals surface area (Å²) in [4.78, 5) is 24.6. The number of para-hydroxylation sites is 1. The van der Waals surface area contributed by atoms with Crippen LogP contribution in [0, 0.1) is 0 Å². The fourth-order valence-electron chi connectivity index (χ4n) is 1.67. The van der Waals surface area contributed by atoms with Crippen LogP contribution in [0.1, 0.15) is 26.3 Å². The third kappa shape index (κ3) is 5.17. The summed E-state index contributed by atoms with van der Waals surface area (Å²) >= 11 is 0. The second kappa shape index (κ2) is 6.27. The van der Waals surface area contributed by atoms with Crippen LogP contribution in [0.3, 0.4) is 0 Å². The fraction of sp³-hybridized carbons (Fsp3) is 0.429. The van der Waals surface area contributed by atoms with Crippen LogP contribution in [-0.4, -0.2) is 28.9 Å². The molecule has 20 heavy (non-hydrogen) atoms. The van der Waals surface area contributed by atoms with E-state index in [4.69, 9.17) is 11.5 Å². The molecule has 6 heteroatoms. The molecule has 0 spiro atoms. The Kier molecular flexibility index (Phi) is 4.96. The van der Waals surface area contributed by atoms with E-state index in [1.54, 1.807) is 6.07 Å². The van der Waals surface area contributed by atoms with E-state index in [2.05, 4.69) is 5.32 Å². The van der Waals surface area contributed by atoms with E-state index in [-0.39, 0.29) is 19.1 Å². The topological polar surface area (TPSA) is 101 Å². The van der Waals surface area contributed by atoms with Gasteiger partial charge in [-0.25, -0.2) is 4.79 Å². The molecule has 0 heterocycles. The second-order valence-corrected chi connectivity index (χ2v) is 5.70. The Hall–Kier alpha value is -2.24. The molecule has 6 nitrogen and oxygen atoms in total. The van der Waals surface area contributed by atoms with Gasteiger partial charge in [-0.15, -0.1) is 0 Å². The highest BCUT2D eigenvalue weighted by atomic mass is 16.2. The number of amides is 3. The zero-order valence-electron chi connectivity index (χ0n) is 12.1. The number of urea groups is 1. The second-order valence-electron chi connectivity index (χ2n) is 5.70. The monoisotopic (exact) mass is 278 g/mol. The molecule has 1 aromatic rings. The number of primary amides is 1. The first kappa shape index (κ1) is 15.8. The lowest BCUT2D eigenvalue weighted by atomic mass is 10.1. The number of nitrogens with zero attached hydrogens (tertiary/aromatic N) is 1. The minimum absolute atomic E-state index is 0.157. The van der Waals surface area contributed by atoms with Crippen LogP contribution in [0.4, 0.5) is 10.5 Å². The van der Waals surface area contributed by atoms with Gasteiger partial charge in [-0.3, -0.25) is 4.79 Å². The van der Waals surface area contributed by atoms with Crippen molar-refractivity contribution >= 4 is 17.6 Å². The van der Waals surface area contributed by atoms with Gasteiger partial charge in [0.2, 0.25) is 5.91 Å². The first-order valence-electron chi connectivity index (χ1n) is 6.38. The maximum absolute atomic E-state index is 12.2. The number of nitrogens with one attached hydrogen (secondary N) is 1. The van der Waals surface area contributed by atoms with Crippen LogP contribution < -0.4 is 16.8 Å². The zero-order chi connectivity index (χ0) is 15.3. The smallest absolute Gasteiger partial charge is 0.318 e. The van der Waals surface area contributed by atoms with E-state index < -0.39 is 11.4 Å². The van der Waals surface area contributed by atoms with Gasteiger partial charge < -0.3 is 21.7 Å². The molecule has 0 saturated carbocycles. The van der Waals surface area contributed by atoms with Crippen molar-refractivity contribution in [2.75, 3.05) is 12.3 Å². The molecule has 0 radical (unpaired) electrons. The Morgan fingerprint density at radius 2 is 1.85 bits per heavy atom. The first-order chi connectivity index (χ1) is 9.19. The van der Waals surface area contributed by atoms with E-state index in [0.29, 0.717) is 5.69 Å². The lowest BCUT2D eigenvalue weighted by Crippen LogP contribution is -2.50. The number of rotatable bonds is 4. The van der Waals surface area contributed by atoms with E-state index in [1.807, 2.05) is 39.0 Å². The van der Waals surface area contributed by atoms with Crippen molar-refractivity contribution in [3.63, 3.8) is 0 Å². The quantitative estimate of drug-likeness (QED) is 0.718. The van der Waals surface area contributed by atoms with Gasteiger partial charge in [-0.05, 0) is 32.4 Å². The number of hydrogen-bond acceptors (Lipinski definition) is 3. The average Bonchev–Trinajstić information content (AvgIpc) is 2.28. The van der Waals surface area contributed by atoms with Crippen LogP contribution >= 0.6 is 0 Å². The van der Waals surface area contributed by atoms with Gasteiger partial charge in [0.1, 0.15) is 6.54 Å². The van der Waals surface area contributed by atoms with Crippen molar-refractivity contribution < 1.29 is 9.59 Å². The molecule has 5 N–H and O–H groups in total. The highest BCUT2D eigenvalue weighted by Gasteiger charge is 2.21. The van der Waals surface area contributed by atoms with Crippen molar-refractivity contribution in [1.82, 2.24) is 10.2 Å². The van der Waals surface area contributed by atoms with Crippen LogP contribution in [0.2, 0.25) is 0 Å². The molecule has 0 unspecified atom stereocenters. The lowest BCUT2D eigenvalue weighted by molar-refractivity contribution is -0.118. The third-order valence-corrected chi connectivity index (χ3v) is 2.53. The van der Waals surface area contributed by atoms with Gasteiger partial charge in [0.25, 0.3) is 0 Å². The standard InChI is InChI=1S/C14H22N4O2/c1-14(2,3)17-13(20)18(9-12(16)19)8-10-6-4-5-7-11(10)15/h4-7H,8-9,15H2,1-3H3,(H2,16,19)(H,17,20). The molecule has 0 fully saturated rings. The van der Waals surface area contributed by atoms with Crippen molar-refractivity contribution in [3.05, 3.63) is 29.8 Å². The van der Waals surface area contributed by atoms with Crippen LogP contribution in [-0.2, 0) is 11.3 Å². The Morgan fingerprint density at radius 3 is 2.35 bits per heavy atom. The molecule has 0 bridgehead atoms. The predicted octanol–water partition coefficient (Wildman–Crippen LogP) is 1.06. The Labute approximate surface area is 119 Å².